The normalized spacial score (nSPS) is 10.7. The van der Waals surface area contributed by atoms with E-state index in [0.717, 1.165) is 5.39 Å². The van der Waals surface area contributed by atoms with Gasteiger partial charge in [0.1, 0.15) is 0 Å². The molecule has 0 aliphatic heterocycles. The first kappa shape index (κ1) is 13.0. The van der Waals surface area contributed by atoms with Crippen molar-refractivity contribution in [2.75, 3.05) is 5.32 Å². The molecular weight excluding hydrogens is 299 g/mol. The van der Waals surface area contributed by atoms with Gasteiger partial charge in [0.25, 0.3) is 5.91 Å². The summed E-state index contributed by atoms with van der Waals surface area (Å²) in [4.78, 5) is 12.2. The number of nitrogens with one attached hydrogen (secondary N) is 1. The highest BCUT2D eigenvalue weighted by atomic mass is 35.5. The van der Waals surface area contributed by atoms with E-state index in [1.807, 2.05) is 18.2 Å². The zero-order chi connectivity index (χ0) is 14.1. The number of aromatic nitrogens is 1. The number of rotatable bonds is 2. The van der Waals surface area contributed by atoms with Crippen LogP contribution in [0.4, 0.5) is 5.82 Å². The van der Waals surface area contributed by atoms with Crippen molar-refractivity contribution in [3.63, 3.8) is 0 Å². The smallest absolute Gasteiger partial charge is 0.258 e. The predicted molar refractivity (Wildman–Crippen MR) is 78.4 cm³/mol. The second kappa shape index (κ2) is 5.15. The van der Waals surface area contributed by atoms with Crippen molar-refractivity contribution in [2.24, 2.45) is 0 Å². The Kier molecular flexibility index (Phi) is 3.34. The molecule has 0 spiro atoms. The van der Waals surface area contributed by atoms with Gasteiger partial charge >= 0.3 is 0 Å². The molecule has 1 N–H and O–H groups in total. The number of carbonyl (C=O) groups is 1. The molecule has 1 amide bonds. The maximum Gasteiger partial charge on any atom is 0.258 e. The standard InChI is InChI=1S/C14H8Cl2N2O2/c15-8-5-6-9(11(16)7-8)14(19)17-13-10-3-1-2-4-12(10)20-18-13/h1-7H,(H,17,18,19). The summed E-state index contributed by atoms with van der Waals surface area (Å²) in [5, 5.41) is 7.98. The Morgan fingerprint density at radius 3 is 2.75 bits per heavy atom. The lowest BCUT2D eigenvalue weighted by Crippen LogP contribution is -2.12. The van der Waals surface area contributed by atoms with Gasteiger partial charge in [-0.1, -0.05) is 40.5 Å². The number of halogens is 2. The fraction of sp³-hybridized carbons (Fsp3) is 0. The molecule has 0 saturated heterocycles. The Hall–Kier alpha value is -2.04. The molecule has 0 aliphatic carbocycles. The molecule has 1 aromatic heterocycles. The van der Waals surface area contributed by atoms with Crippen molar-refractivity contribution >= 4 is 45.9 Å². The van der Waals surface area contributed by atoms with Crippen LogP contribution in [0, 0.1) is 0 Å². The summed E-state index contributed by atoms with van der Waals surface area (Å²) < 4.78 is 5.12. The highest BCUT2D eigenvalue weighted by molar-refractivity contribution is 6.37. The van der Waals surface area contributed by atoms with Gasteiger partial charge in [0.15, 0.2) is 11.4 Å². The minimum absolute atomic E-state index is 0.280. The fourth-order valence-corrected chi connectivity index (χ4v) is 2.32. The van der Waals surface area contributed by atoms with Gasteiger partial charge in [-0.15, -0.1) is 0 Å². The number of nitrogens with zero attached hydrogens (tertiary/aromatic N) is 1. The number of anilines is 1. The molecule has 0 saturated carbocycles. The molecule has 0 radical (unpaired) electrons. The Morgan fingerprint density at radius 2 is 1.95 bits per heavy atom. The first-order valence-electron chi connectivity index (χ1n) is 5.76. The van der Waals surface area contributed by atoms with E-state index in [4.69, 9.17) is 27.7 Å². The maximum absolute atomic E-state index is 12.2. The van der Waals surface area contributed by atoms with E-state index in [1.165, 1.54) is 6.07 Å². The summed E-state index contributed by atoms with van der Waals surface area (Å²) in [6.07, 6.45) is 0. The van der Waals surface area contributed by atoms with E-state index in [2.05, 4.69) is 10.5 Å². The zero-order valence-electron chi connectivity index (χ0n) is 10.1. The Bertz CT molecular complexity index is 799. The van der Waals surface area contributed by atoms with Crippen LogP contribution in [0.5, 0.6) is 0 Å². The van der Waals surface area contributed by atoms with Crippen molar-refractivity contribution < 1.29 is 9.32 Å². The number of benzene rings is 2. The van der Waals surface area contributed by atoms with Crippen LogP contribution in [0.1, 0.15) is 10.4 Å². The topological polar surface area (TPSA) is 55.1 Å². The highest BCUT2D eigenvalue weighted by Crippen LogP contribution is 2.25. The number of hydrogen-bond donors (Lipinski definition) is 1. The summed E-state index contributed by atoms with van der Waals surface area (Å²) in [6.45, 7) is 0. The maximum atomic E-state index is 12.2. The Morgan fingerprint density at radius 1 is 1.15 bits per heavy atom. The molecule has 4 nitrogen and oxygen atoms in total. The van der Waals surface area contributed by atoms with Gasteiger partial charge < -0.3 is 9.84 Å². The number of para-hydroxylation sites is 1. The monoisotopic (exact) mass is 306 g/mol. The van der Waals surface area contributed by atoms with Crippen LogP contribution in [-0.2, 0) is 0 Å². The third-order valence-electron chi connectivity index (χ3n) is 2.79. The minimum atomic E-state index is -0.370. The van der Waals surface area contributed by atoms with Crippen LogP contribution in [-0.4, -0.2) is 11.1 Å². The molecule has 2 aromatic carbocycles. The van der Waals surface area contributed by atoms with Crippen LogP contribution in [0.3, 0.4) is 0 Å². The molecule has 20 heavy (non-hydrogen) atoms. The predicted octanol–water partition coefficient (Wildman–Crippen LogP) is 4.39. The second-order valence-electron chi connectivity index (χ2n) is 4.11. The molecule has 0 fully saturated rings. The van der Waals surface area contributed by atoms with Crippen LogP contribution >= 0.6 is 23.2 Å². The van der Waals surface area contributed by atoms with E-state index >= 15 is 0 Å². The third kappa shape index (κ3) is 2.35. The molecule has 0 aliphatic rings. The number of carbonyl (C=O) groups excluding carboxylic acids is 1. The summed E-state index contributed by atoms with van der Waals surface area (Å²) in [7, 11) is 0. The summed E-state index contributed by atoms with van der Waals surface area (Å²) in [5.41, 5.74) is 0.924. The number of hydrogen-bond acceptors (Lipinski definition) is 3. The first-order chi connectivity index (χ1) is 9.65. The lowest BCUT2D eigenvalue weighted by atomic mass is 10.2. The number of amides is 1. The van der Waals surface area contributed by atoms with Crippen molar-refractivity contribution in [3.8, 4) is 0 Å². The molecule has 6 heteroatoms. The van der Waals surface area contributed by atoms with Crippen molar-refractivity contribution in [2.45, 2.75) is 0 Å². The fourth-order valence-electron chi connectivity index (χ4n) is 1.82. The average molecular weight is 307 g/mol. The summed E-state index contributed by atoms with van der Waals surface area (Å²) in [6, 6.07) is 11.9. The molecule has 0 unspecified atom stereocenters. The van der Waals surface area contributed by atoms with E-state index in [0.29, 0.717) is 22.0 Å². The van der Waals surface area contributed by atoms with Gasteiger partial charge in [0.2, 0.25) is 0 Å². The summed E-state index contributed by atoms with van der Waals surface area (Å²) >= 11 is 11.8. The third-order valence-corrected chi connectivity index (χ3v) is 3.33. The van der Waals surface area contributed by atoms with Gasteiger partial charge in [-0.05, 0) is 30.3 Å². The first-order valence-corrected chi connectivity index (χ1v) is 6.51. The molecular formula is C14H8Cl2N2O2. The molecule has 1 heterocycles. The van der Waals surface area contributed by atoms with Crippen molar-refractivity contribution in [3.05, 3.63) is 58.1 Å². The lowest BCUT2D eigenvalue weighted by Gasteiger charge is -2.04. The van der Waals surface area contributed by atoms with Gasteiger partial charge in [0.05, 0.1) is 16.0 Å². The van der Waals surface area contributed by atoms with Gasteiger partial charge in [-0.2, -0.15) is 0 Å². The van der Waals surface area contributed by atoms with Gasteiger partial charge in [-0.25, -0.2) is 0 Å². The quantitative estimate of drug-likeness (QED) is 0.764. The molecule has 0 atom stereocenters. The SMILES string of the molecule is O=C(Nc1noc2ccccc12)c1ccc(Cl)cc1Cl. The second-order valence-corrected chi connectivity index (χ2v) is 4.95. The van der Waals surface area contributed by atoms with Crippen LogP contribution in [0.25, 0.3) is 11.0 Å². The molecule has 100 valence electrons. The average Bonchev–Trinajstić information content (AvgIpc) is 2.82. The van der Waals surface area contributed by atoms with E-state index in [-0.39, 0.29) is 10.9 Å². The van der Waals surface area contributed by atoms with Crippen LogP contribution in [0.15, 0.2) is 47.0 Å². The largest absolute Gasteiger partial charge is 0.354 e. The lowest BCUT2D eigenvalue weighted by molar-refractivity contribution is 0.102. The van der Waals surface area contributed by atoms with Gasteiger partial charge in [-0.3, -0.25) is 4.79 Å². The molecule has 0 bridgehead atoms. The van der Waals surface area contributed by atoms with E-state index in [9.17, 15) is 4.79 Å². The highest BCUT2D eigenvalue weighted by Gasteiger charge is 2.15. The Labute approximate surface area is 124 Å². The van der Waals surface area contributed by atoms with E-state index in [1.54, 1.807) is 18.2 Å². The van der Waals surface area contributed by atoms with Crippen LogP contribution in [0.2, 0.25) is 10.0 Å². The molecule has 3 aromatic rings. The zero-order valence-corrected chi connectivity index (χ0v) is 11.6. The van der Waals surface area contributed by atoms with Crippen LogP contribution < -0.4 is 5.32 Å². The van der Waals surface area contributed by atoms with Gasteiger partial charge in [0, 0.05) is 5.02 Å². The summed E-state index contributed by atoms with van der Waals surface area (Å²) in [5.74, 6) is -0.0117. The minimum Gasteiger partial charge on any atom is -0.354 e. The van der Waals surface area contributed by atoms with E-state index < -0.39 is 0 Å². The molecule has 3 rings (SSSR count). The number of fused-ring (bicyclic) bond motifs is 1. The Balaban J connectivity index is 1.92. The van der Waals surface area contributed by atoms with Crippen molar-refractivity contribution in [1.29, 1.82) is 0 Å². The van der Waals surface area contributed by atoms with Crippen molar-refractivity contribution in [1.82, 2.24) is 5.16 Å².